The van der Waals surface area contributed by atoms with Crippen LogP contribution in [0.1, 0.15) is 34.7 Å². The van der Waals surface area contributed by atoms with Gasteiger partial charge in [-0.2, -0.15) is 38.1 Å². The number of fused-ring (bicyclic) bond motifs is 1. The first-order valence-electron chi connectivity index (χ1n) is 9.99. The van der Waals surface area contributed by atoms with E-state index in [2.05, 4.69) is 10.6 Å². The van der Waals surface area contributed by atoms with Crippen LogP contribution in [0.25, 0.3) is 0 Å². The fourth-order valence-electron chi connectivity index (χ4n) is 3.86. The van der Waals surface area contributed by atoms with Crippen LogP contribution in [0.5, 0.6) is 11.5 Å². The van der Waals surface area contributed by atoms with Gasteiger partial charge in [-0.3, -0.25) is 0 Å². The van der Waals surface area contributed by atoms with Gasteiger partial charge in [0.2, 0.25) is 0 Å². The lowest BCUT2D eigenvalue weighted by atomic mass is 9.92. The zero-order chi connectivity index (χ0) is 24.4. The molecule has 4 nitrogen and oxygen atoms in total. The zero-order valence-electron chi connectivity index (χ0n) is 18.2. The normalized spacial score (nSPS) is 18.5. The summed E-state index contributed by atoms with van der Waals surface area (Å²) in [6.45, 7) is -0.169. The summed E-state index contributed by atoms with van der Waals surface area (Å²) in [6, 6.07) is 4.91. The van der Waals surface area contributed by atoms with E-state index < -0.39 is 23.5 Å². The van der Waals surface area contributed by atoms with Crippen molar-refractivity contribution in [1.82, 2.24) is 5.32 Å². The van der Waals surface area contributed by atoms with Crippen LogP contribution in [0.2, 0.25) is 0 Å². The molecule has 0 amide bonds. The molecule has 0 spiro atoms. The minimum absolute atomic E-state index is 0.0512. The standard InChI is InChI=1S/C22H24F6N2O2S/c1-31-19-8-16-17(7-15(11-33-3)30-18(16)9-20(19)32-2)29-10-12-4-13(21(23,24)25)6-14(5-12)22(26,27)28/h4-6,8-9,15,17,29-30H,7,10-11H2,1-3H3/t15-,17-/m1/s1. The van der Waals surface area contributed by atoms with Crippen LogP contribution < -0.4 is 20.1 Å². The first-order chi connectivity index (χ1) is 15.5. The SMILES string of the molecule is COc1cc2c(cc1OC)[C@H](NCc1cc(C(F)(F)F)cc(C(F)(F)F)c1)C[C@H](CSC)N2. The van der Waals surface area contributed by atoms with E-state index >= 15 is 0 Å². The number of benzene rings is 2. The molecule has 0 unspecified atom stereocenters. The van der Waals surface area contributed by atoms with Crippen LogP contribution in [-0.2, 0) is 18.9 Å². The number of rotatable bonds is 7. The molecule has 3 rings (SSSR count). The van der Waals surface area contributed by atoms with E-state index in [4.69, 9.17) is 9.47 Å². The third-order valence-electron chi connectivity index (χ3n) is 5.38. The van der Waals surface area contributed by atoms with Gasteiger partial charge in [0.25, 0.3) is 0 Å². The van der Waals surface area contributed by atoms with Crippen molar-refractivity contribution in [3.8, 4) is 11.5 Å². The van der Waals surface area contributed by atoms with Crippen LogP contribution in [-0.4, -0.2) is 32.3 Å². The molecule has 1 aliphatic rings. The van der Waals surface area contributed by atoms with Crippen molar-refractivity contribution in [3.63, 3.8) is 0 Å². The highest BCUT2D eigenvalue weighted by molar-refractivity contribution is 7.98. The summed E-state index contributed by atoms with van der Waals surface area (Å²) >= 11 is 1.63. The monoisotopic (exact) mass is 494 g/mol. The highest BCUT2D eigenvalue weighted by atomic mass is 32.2. The van der Waals surface area contributed by atoms with Gasteiger partial charge in [-0.25, -0.2) is 0 Å². The number of methoxy groups -OCH3 is 2. The van der Waals surface area contributed by atoms with Crippen molar-refractivity contribution < 1.29 is 35.8 Å². The van der Waals surface area contributed by atoms with Gasteiger partial charge < -0.3 is 20.1 Å². The quantitative estimate of drug-likeness (QED) is 0.454. The number of ether oxygens (including phenoxy) is 2. The van der Waals surface area contributed by atoms with Crippen molar-refractivity contribution in [2.24, 2.45) is 0 Å². The second-order valence-corrected chi connectivity index (χ2v) is 8.59. The fraction of sp³-hybridized carbons (Fsp3) is 0.455. The molecular weight excluding hydrogens is 470 g/mol. The summed E-state index contributed by atoms with van der Waals surface area (Å²) in [6.07, 6.45) is -7.22. The number of nitrogens with one attached hydrogen (secondary N) is 2. The summed E-state index contributed by atoms with van der Waals surface area (Å²) in [7, 11) is 2.99. The molecule has 0 fully saturated rings. The molecule has 1 heterocycles. The Labute approximate surface area is 192 Å². The Morgan fingerprint density at radius 2 is 1.52 bits per heavy atom. The molecule has 1 aliphatic heterocycles. The van der Waals surface area contributed by atoms with E-state index in [1.54, 1.807) is 23.9 Å². The molecule has 0 saturated carbocycles. The van der Waals surface area contributed by atoms with Gasteiger partial charge in [0.1, 0.15) is 0 Å². The third kappa shape index (κ3) is 6.00. The highest BCUT2D eigenvalue weighted by Crippen LogP contribution is 2.41. The van der Waals surface area contributed by atoms with Crippen molar-refractivity contribution in [2.75, 3.05) is 31.5 Å². The average molecular weight is 495 g/mol. The fourth-order valence-corrected chi connectivity index (χ4v) is 4.49. The number of halogens is 6. The van der Waals surface area contributed by atoms with Gasteiger partial charge in [-0.05, 0) is 48.1 Å². The van der Waals surface area contributed by atoms with Crippen molar-refractivity contribution >= 4 is 17.4 Å². The summed E-state index contributed by atoms with van der Waals surface area (Å²) in [4.78, 5) is 0. The number of thioether (sulfide) groups is 1. The summed E-state index contributed by atoms with van der Waals surface area (Å²) in [5.74, 6) is 1.76. The molecule has 0 radical (unpaired) electrons. The van der Waals surface area contributed by atoms with Crippen molar-refractivity contribution in [1.29, 1.82) is 0 Å². The van der Waals surface area contributed by atoms with Gasteiger partial charge in [-0.1, -0.05) is 0 Å². The van der Waals surface area contributed by atoms with Crippen LogP contribution in [0.3, 0.4) is 0 Å². The Kier molecular flexibility index (Phi) is 7.62. The lowest BCUT2D eigenvalue weighted by molar-refractivity contribution is -0.143. The highest BCUT2D eigenvalue weighted by Gasteiger charge is 2.37. The van der Waals surface area contributed by atoms with Crippen LogP contribution in [0.4, 0.5) is 32.0 Å². The number of hydrogen-bond acceptors (Lipinski definition) is 5. The Bertz CT molecular complexity index is 948. The van der Waals surface area contributed by atoms with Crippen LogP contribution in [0.15, 0.2) is 30.3 Å². The van der Waals surface area contributed by atoms with E-state index in [0.717, 1.165) is 29.1 Å². The summed E-state index contributed by atoms with van der Waals surface area (Å²) in [5.41, 5.74) is -1.18. The first-order valence-corrected chi connectivity index (χ1v) is 11.4. The molecule has 0 bridgehead atoms. The largest absolute Gasteiger partial charge is 0.493 e. The van der Waals surface area contributed by atoms with Gasteiger partial charge in [0.05, 0.1) is 25.3 Å². The smallest absolute Gasteiger partial charge is 0.416 e. The van der Waals surface area contributed by atoms with Crippen molar-refractivity contribution in [2.45, 2.75) is 37.4 Å². The van der Waals surface area contributed by atoms with Gasteiger partial charge >= 0.3 is 12.4 Å². The molecule has 2 aromatic carbocycles. The van der Waals surface area contributed by atoms with Crippen LogP contribution in [0, 0.1) is 0 Å². The maximum Gasteiger partial charge on any atom is 0.416 e. The van der Waals surface area contributed by atoms with Crippen molar-refractivity contribution in [3.05, 3.63) is 52.6 Å². The summed E-state index contributed by atoms with van der Waals surface area (Å²) in [5, 5.41) is 6.56. The zero-order valence-corrected chi connectivity index (χ0v) is 19.0. The molecule has 2 aromatic rings. The topological polar surface area (TPSA) is 42.5 Å². The second-order valence-electron chi connectivity index (χ2n) is 7.67. The minimum atomic E-state index is -4.88. The molecule has 182 valence electrons. The Balaban J connectivity index is 1.93. The Morgan fingerprint density at radius 1 is 0.939 bits per heavy atom. The van der Waals surface area contributed by atoms with E-state index in [9.17, 15) is 26.3 Å². The van der Waals surface area contributed by atoms with Gasteiger partial charge in [-0.15, -0.1) is 0 Å². The maximum atomic E-state index is 13.2. The lowest BCUT2D eigenvalue weighted by Crippen LogP contribution is -2.36. The molecule has 2 N–H and O–H groups in total. The van der Waals surface area contributed by atoms with E-state index in [1.807, 2.05) is 6.26 Å². The maximum absolute atomic E-state index is 13.2. The molecule has 11 heteroatoms. The lowest BCUT2D eigenvalue weighted by Gasteiger charge is -2.34. The second kappa shape index (κ2) is 9.92. The molecular formula is C22H24F6N2O2S. The number of hydrogen-bond donors (Lipinski definition) is 2. The van der Waals surface area contributed by atoms with Gasteiger partial charge in [0.15, 0.2) is 11.5 Å². The first kappa shape index (κ1) is 25.4. The van der Waals surface area contributed by atoms with E-state index in [0.29, 0.717) is 17.9 Å². The predicted octanol–water partition coefficient (Wildman–Crippen LogP) is 6.12. The molecule has 33 heavy (non-hydrogen) atoms. The van der Waals surface area contributed by atoms with Gasteiger partial charge in [0, 0.05) is 36.1 Å². The average Bonchev–Trinajstić information content (AvgIpc) is 2.75. The number of alkyl halides is 6. The molecule has 0 aromatic heterocycles. The predicted molar refractivity (Wildman–Crippen MR) is 116 cm³/mol. The summed E-state index contributed by atoms with van der Waals surface area (Å²) < 4.78 is 89.9. The Hall–Kier alpha value is -2.27. The molecule has 0 saturated heterocycles. The Morgan fingerprint density at radius 3 is 2.03 bits per heavy atom. The van der Waals surface area contributed by atoms with E-state index in [-0.39, 0.29) is 30.3 Å². The minimum Gasteiger partial charge on any atom is -0.493 e. The third-order valence-corrected chi connectivity index (χ3v) is 6.11. The molecule has 0 aliphatic carbocycles. The molecule has 2 atom stereocenters. The number of anilines is 1. The van der Waals surface area contributed by atoms with Crippen LogP contribution >= 0.6 is 11.8 Å². The van der Waals surface area contributed by atoms with E-state index in [1.165, 1.54) is 14.2 Å².